The van der Waals surface area contributed by atoms with Crippen LogP contribution in [0.4, 0.5) is 5.69 Å². The summed E-state index contributed by atoms with van der Waals surface area (Å²) < 4.78 is 1.53. The summed E-state index contributed by atoms with van der Waals surface area (Å²) in [5.74, 6) is -0.188. The molecule has 1 atom stereocenters. The van der Waals surface area contributed by atoms with Crippen LogP contribution in [0.3, 0.4) is 0 Å². The second kappa shape index (κ2) is 5.52. The van der Waals surface area contributed by atoms with Crippen LogP contribution < -0.4 is 11.1 Å². The van der Waals surface area contributed by atoms with Crippen LogP contribution in [0.25, 0.3) is 0 Å². The molecule has 1 aromatic heterocycles. The SMILES string of the molecule is C=CCC(C)NC(=O)c1c(N)c(CC)nn1C. The zero-order valence-corrected chi connectivity index (χ0v) is 10.7. The Labute approximate surface area is 102 Å². The molecule has 1 unspecified atom stereocenters. The van der Waals surface area contributed by atoms with Crippen LogP contribution in [-0.2, 0) is 13.5 Å². The molecule has 0 aromatic carbocycles. The number of amides is 1. The van der Waals surface area contributed by atoms with Crippen molar-refractivity contribution in [2.45, 2.75) is 32.7 Å². The van der Waals surface area contributed by atoms with Gasteiger partial charge in [0, 0.05) is 13.1 Å². The molecule has 17 heavy (non-hydrogen) atoms. The molecule has 0 radical (unpaired) electrons. The molecule has 0 fully saturated rings. The molecular formula is C12H20N4O. The number of hydrogen-bond donors (Lipinski definition) is 2. The van der Waals surface area contributed by atoms with Gasteiger partial charge in [-0.3, -0.25) is 9.48 Å². The minimum absolute atomic E-state index is 0.0411. The maximum Gasteiger partial charge on any atom is 0.271 e. The number of nitrogens with one attached hydrogen (secondary N) is 1. The minimum Gasteiger partial charge on any atom is -0.395 e. The molecule has 0 saturated heterocycles. The van der Waals surface area contributed by atoms with E-state index in [4.69, 9.17) is 5.73 Å². The maximum absolute atomic E-state index is 12.0. The van der Waals surface area contributed by atoms with Crippen LogP contribution in [0.2, 0.25) is 0 Å². The van der Waals surface area contributed by atoms with Gasteiger partial charge in [-0.1, -0.05) is 13.0 Å². The molecule has 0 spiro atoms. The quantitative estimate of drug-likeness (QED) is 0.756. The Morgan fingerprint density at radius 1 is 1.71 bits per heavy atom. The highest BCUT2D eigenvalue weighted by atomic mass is 16.2. The number of aryl methyl sites for hydroxylation is 2. The standard InChI is InChI=1S/C12H20N4O/c1-5-7-8(3)14-12(17)11-10(13)9(6-2)15-16(11)4/h5,8H,1,6-7,13H2,2-4H3,(H,14,17). The van der Waals surface area contributed by atoms with Crippen molar-refractivity contribution in [1.82, 2.24) is 15.1 Å². The molecule has 0 saturated carbocycles. The molecule has 1 heterocycles. The van der Waals surface area contributed by atoms with Crippen molar-refractivity contribution in [3.63, 3.8) is 0 Å². The van der Waals surface area contributed by atoms with Crippen LogP contribution in [0.15, 0.2) is 12.7 Å². The third kappa shape index (κ3) is 2.87. The van der Waals surface area contributed by atoms with E-state index in [1.165, 1.54) is 4.68 Å². The first-order valence-electron chi connectivity index (χ1n) is 5.74. The van der Waals surface area contributed by atoms with Crippen molar-refractivity contribution in [3.05, 3.63) is 24.0 Å². The molecule has 1 rings (SSSR count). The highest BCUT2D eigenvalue weighted by molar-refractivity contribution is 5.98. The Morgan fingerprint density at radius 2 is 2.35 bits per heavy atom. The molecule has 94 valence electrons. The number of rotatable bonds is 5. The molecule has 5 heteroatoms. The molecule has 0 bridgehead atoms. The lowest BCUT2D eigenvalue weighted by atomic mass is 10.2. The molecule has 5 nitrogen and oxygen atoms in total. The second-order valence-electron chi connectivity index (χ2n) is 4.09. The molecular weight excluding hydrogens is 216 g/mol. The summed E-state index contributed by atoms with van der Waals surface area (Å²) in [6.07, 6.45) is 3.22. The fraction of sp³-hybridized carbons (Fsp3) is 0.500. The third-order valence-corrected chi connectivity index (χ3v) is 2.61. The van der Waals surface area contributed by atoms with Gasteiger partial charge in [0.25, 0.3) is 5.91 Å². The van der Waals surface area contributed by atoms with Gasteiger partial charge < -0.3 is 11.1 Å². The second-order valence-corrected chi connectivity index (χ2v) is 4.09. The Morgan fingerprint density at radius 3 is 2.82 bits per heavy atom. The number of nitrogens with two attached hydrogens (primary N) is 1. The molecule has 1 aromatic rings. The van der Waals surface area contributed by atoms with Crippen molar-refractivity contribution in [3.8, 4) is 0 Å². The van der Waals surface area contributed by atoms with Crippen LogP contribution >= 0.6 is 0 Å². The Bertz CT molecular complexity index is 422. The number of hydrogen-bond acceptors (Lipinski definition) is 3. The zero-order valence-electron chi connectivity index (χ0n) is 10.7. The Kier molecular flexibility index (Phi) is 4.31. The normalized spacial score (nSPS) is 12.2. The van der Waals surface area contributed by atoms with Gasteiger partial charge in [-0.25, -0.2) is 0 Å². The molecule has 0 aliphatic heterocycles. The van der Waals surface area contributed by atoms with E-state index in [9.17, 15) is 4.79 Å². The number of nitrogen functional groups attached to an aromatic ring is 1. The van der Waals surface area contributed by atoms with E-state index in [2.05, 4.69) is 17.0 Å². The lowest BCUT2D eigenvalue weighted by molar-refractivity contribution is 0.0932. The van der Waals surface area contributed by atoms with E-state index in [1.54, 1.807) is 13.1 Å². The van der Waals surface area contributed by atoms with Crippen molar-refractivity contribution in [1.29, 1.82) is 0 Å². The molecule has 0 aliphatic carbocycles. The first kappa shape index (κ1) is 13.3. The Balaban J connectivity index is 2.89. The van der Waals surface area contributed by atoms with E-state index >= 15 is 0 Å². The monoisotopic (exact) mass is 236 g/mol. The molecule has 3 N–H and O–H groups in total. The summed E-state index contributed by atoms with van der Waals surface area (Å²) in [5, 5.41) is 7.08. The summed E-state index contributed by atoms with van der Waals surface area (Å²) in [4.78, 5) is 12.0. The van der Waals surface area contributed by atoms with Crippen molar-refractivity contribution in [2.75, 3.05) is 5.73 Å². The number of carbonyl (C=O) groups excluding carboxylic acids is 1. The fourth-order valence-corrected chi connectivity index (χ4v) is 1.73. The number of nitrogens with zero attached hydrogens (tertiary/aromatic N) is 2. The van der Waals surface area contributed by atoms with Crippen molar-refractivity contribution >= 4 is 11.6 Å². The maximum atomic E-state index is 12.0. The average molecular weight is 236 g/mol. The van der Waals surface area contributed by atoms with Gasteiger partial charge in [0.05, 0.1) is 11.4 Å². The third-order valence-electron chi connectivity index (χ3n) is 2.61. The first-order chi connectivity index (χ1) is 8.01. The van der Waals surface area contributed by atoms with Gasteiger partial charge in [0.2, 0.25) is 0 Å². The van der Waals surface area contributed by atoms with Gasteiger partial charge >= 0.3 is 0 Å². The van der Waals surface area contributed by atoms with Crippen molar-refractivity contribution < 1.29 is 4.79 Å². The van der Waals surface area contributed by atoms with Crippen LogP contribution in [-0.4, -0.2) is 21.7 Å². The van der Waals surface area contributed by atoms with Crippen molar-refractivity contribution in [2.24, 2.45) is 7.05 Å². The molecule has 0 aliphatic rings. The minimum atomic E-state index is -0.188. The largest absolute Gasteiger partial charge is 0.395 e. The highest BCUT2D eigenvalue weighted by Crippen LogP contribution is 2.16. The van der Waals surface area contributed by atoms with Gasteiger partial charge in [0.15, 0.2) is 0 Å². The van der Waals surface area contributed by atoms with E-state index < -0.39 is 0 Å². The predicted octanol–water partition coefficient (Wildman–Crippen LogP) is 1.26. The van der Waals surface area contributed by atoms with Crippen LogP contribution in [0.5, 0.6) is 0 Å². The van der Waals surface area contributed by atoms with Crippen LogP contribution in [0.1, 0.15) is 36.5 Å². The first-order valence-corrected chi connectivity index (χ1v) is 5.74. The zero-order chi connectivity index (χ0) is 13.0. The predicted molar refractivity (Wildman–Crippen MR) is 68.7 cm³/mol. The van der Waals surface area contributed by atoms with E-state index in [0.29, 0.717) is 11.4 Å². The van der Waals surface area contributed by atoms with Gasteiger partial charge in [0.1, 0.15) is 5.69 Å². The fourth-order valence-electron chi connectivity index (χ4n) is 1.73. The smallest absolute Gasteiger partial charge is 0.271 e. The van der Waals surface area contributed by atoms with E-state index in [0.717, 1.165) is 18.5 Å². The van der Waals surface area contributed by atoms with E-state index in [-0.39, 0.29) is 11.9 Å². The summed E-state index contributed by atoms with van der Waals surface area (Å²) in [7, 11) is 1.72. The average Bonchev–Trinajstić information content (AvgIpc) is 2.53. The highest BCUT2D eigenvalue weighted by Gasteiger charge is 2.19. The van der Waals surface area contributed by atoms with Gasteiger partial charge in [-0.05, 0) is 19.8 Å². The topological polar surface area (TPSA) is 72.9 Å². The lowest BCUT2D eigenvalue weighted by Gasteiger charge is -2.12. The Hall–Kier alpha value is -1.78. The summed E-state index contributed by atoms with van der Waals surface area (Å²) in [6.45, 7) is 7.52. The van der Waals surface area contributed by atoms with Gasteiger partial charge in [-0.2, -0.15) is 5.10 Å². The summed E-state index contributed by atoms with van der Waals surface area (Å²) >= 11 is 0. The number of aromatic nitrogens is 2. The molecule has 1 amide bonds. The number of carbonyl (C=O) groups is 1. The summed E-state index contributed by atoms with van der Waals surface area (Å²) in [6, 6.07) is 0.0411. The lowest BCUT2D eigenvalue weighted by Crippen LogP contribution is -2.33. The van der Waals surface area contributed by atoms with E-state index in [1.807, 2.05) is 13.8 Å². The summed E-state index contributed by atoms with van der Waals surface area (Å²) in [5.41, 5.74) is 7.56. The van der Waals surface area contributed by atoms with Crippen LogP contribution in [0, 0.1) is 0 Å². The van der Waals surface area contributed by atoms with Gasteiger partial charge in [-0.15, -0.1) is 6.58 Å². The number of anilines is 1.